The number of rotatable bonds is 15. The molecule has 2 saturated heterocycles. The summed E-state index contributed by atoms with van der Waals surface area (Å²) in [7, 11) is 0. The first-order valence-corrected chi connectivity index (χ1v) is 14.8. The van der Waals surface area contributed by atoms with Crippen LogP contribution in [0, 0.1) is 0 Å². The van der Waals surface area contributed by atoms with Gasteiger partial charge in [0.1, 0.15) is 31.5 Å². The van der Waals surface area contributed by atoms with Crippen molar-refractivity contribution in [3.05, 3.63) is 10.4 Å². The predicted octanol–water partition coefficient (Wildman–Crippen LogP) is -0.0670. The molecule has 21 nitrogen and oxygen atoms in total. The van der Waals surface area contributed by atoms with E-state index in [1.165, 1.54) is 0 Å². The van der Waals surface area contributed by atoms with Gasteiger partial charge in [0.25, 0.3) is 0 Å². The molecule has 2 aliphatic heterocycles. The fourth-order valence-electron chi connectivity index (χ4n) is 4.86. The van der Waals surface area contributed by atoms with E-state index in [4.69, 9.17) is 57.6 Å². The summed E-state index contributed by atoms with van der Waals surface area (Å²) in [4.78, 5) is 87.4. The fourth-order valence-corrected chi connectivity index (χ4v) is 4.86. The largest absolute Gasteiger partial charge is 0.463 e. The number of esters is 7. The monoisotopic (exact) mass is 705 g/mol. The lowest BCUT2D eigenvalue weighted by atomic mass is 9.96. The van der Waals surface area contributed by atoms with Crippen LogP contribution in [0.25, 0.3) is 10.4 Å². The molecule has 0 bridgehead atoms. The van der Waals surface area contributed by atoms with Crippen LogP contribution < -0.4 is 0 Å². The van der Waals surface area contributed by atoms with Gasteiger partial charge in [-0.1, -0.05) is 5.11 Å². The first-order valence-electron chi connectivity index (χ1n) is 14.8. The van der Waals surface area contributed by atoms with Gasteiger partial charge in [-0.15, -0.1) is 0 Å². The average molecular weight is 706 g/mol. The van der Waals surface area contributed by atoms with Crippen molar-refractivity contribution < 1.29 is 85.7 Å². The second-order valence-electron chi connectivity index (χ2n) is 10.5. The molecule has 0 amide bonds. The second-order valence-corrected chi connectivity index (χ2v) is 10.5. The molecule has 21 heteroatoms. The van der Waals surface area contributed by atoms with Crippen LogP contribution in [0.15, 0.2) is 5.11 Å². The Labute approximate surface area is 279 Å². The molecule has 49 heavy (non-hydrogen) atoms. The Morgan fingerprint density at radius 1 is 0.551 bits per heavy atom. The molecule has 0 N–H and O–H groups in total. The van der Waals surface area contributed by atoms with Gasteiger partial charge in [0.2, 0.25) is 0 Å². The molecule has 0 aliphatic carbocycles. The molecule has 2 rings (SSSR count). The van der Waals surface area contributed by atoms with Crippen molar-refractivity contribution in [2.75, 3.05) is 26.4 Å². The lowest BCUT2D eigenvalue weighted by molar-refractivity contribution is -0.360. The van der Waals surface area contributed by atoms with Crippen molar-refractivity contribution in [2.24, 2.45) is 5.11 Å². The summed E-state index contributed by atoms with van der Waals surface area (Å²) in [6, 6.07) is 0. The van der Waals surface area contributed by atoms with Crippen molar-refractivity contribution >= 4 is 41.8 Å². The summed E-state index contributed by atoms with van der Waals surface area (Å²) in [6.45, 7) is 5.74. The lowest BCUT2D eigenvalue weighted by Gasteiger charge is -2.48. The summed E-state index contributed by atoms with van der Waals surface area (Å²) >= 11 is 0. The normalized spacial score (nSPS) is 29.2. The van der Waals surface area contributed by atoms with Gasteiger partial charge in [0.05, 0.1) is 6.61 Å². The minimum atomic E-state index is -1.81. The van der Waals surface area contributed by atoms with Gasteiger partial charge < -0.3 is 52.1 Å². The van der Waals surface area contributed by atoms with Crippen LogP contribution in [0.2, 0.25) is 0 Å². The number of hydrogen-bond acceptors (Lipinski definition) is 19. The SMILES string of the molecule is CC(=O)OCC1O[C@H](O[C@@H]2C(COC(C)=O)O[C@@H](OCCN=[N+]=[N-])C(OC(C)=O)C2OC(C)=O)C(OC(C)=O)C(OC(C)=O)[C@@H]1OC(C)=O. The average Bonchev–Trinajstić information content (AvgIpc) is 2.97. The highest BCUT2D eigenvalue weighted by atomic mass is 16.8. The Kier molecular flexibility index (Phi) is 16.1. The molecule has 0 aromatic carbocycles. The Bertz CT molecular complexity index is 1270. The first kappa shape index (κ1) is 40.6. The molecule has 10 atom stereocenters. The fraction of sp³-hybridized carbons (Fsp3) is 0.750. The Morgan fingerprint density at radius 2 is 0.939 bits per heavy atom. The van der Waals surface area contributed by atoms with Crippen molar-refractivity contribution in [3.8, 4) is 0 Å². The minimum Gasteiger partial charge on any atom is -0.463 e. The standard InChI is InChI=1S/C28H39N3O18/c1-12(32)40-10-19-21(42-14(3)34)23(43-15(4)35)26(46-18(7)38)28(48-19)49-22-20(11-41-13(2)33)47-27(39-9-8-30-31-29)25(45-17(6)37)24(22)44-16(5)36/h19-28H,8-11H2,1-7H3/t19?,20?,21-,22-,23?,24?,25?,26?,27-,28-/m1/s1. The Morgan fingerprint density at radius 3 is 1.39 bits per heavy atom. The van der Waals surface area contributed by atoms with E-state index in [9.17, 15) is 33.6 Å². The number of azide groups is 1. The van der Waals surface area contributed by atoms with Crippen molar-refractivity contribution in [3.63, 3.8) is 0 Å². The van der Waals surface area contributed by atoms with Gasteiger partial charge in [-0.25, -0.2) is 0 Å². The molecule has 0 aromatic heterocycles. The molecule has 274 valence electrons. The molecule has 0 saturated carbocycles. The van der Waals surface area contributed by atoms with Crippen LogP contribution in [0.5, 0.6) is 0 Å². The van der Waals surface area contributed by atoms with Gasteiger partial charge in [-0.05, 0) is 5.53 Å². The number of carbonyl (C=O) groups is 7. The van der Waals surface area contributed by atoms with E-state index >= 15 is 0 Å². The third-order valence-electron chi connectivity index (χ3n) is 6.42. The van der Waals surface area contributed by atoms with Crippen molar-refractivity contribution in [1.82, 2.24) is 0 Å². The maximum atomic E-state index is 12.4. The molecule has 0 radical (unpaired) electrons. The van der Waals surface area contributed by atoms with E-state index in [2.05, 4.69) is 10.0 Å². The third-order valence-corrected chi connectivity index (χ3v) is 6.42. The Balaban J connectivity index is 2.71. The second kappa shape index (κ2) is 19.4. The molecule has 0 aromatic rings. The molecular weight excluding hydrogens is 666 g/mol. The number of hydrogen-bond donors (Lipinski definition) is 0. The van der Waals surface area contributed by atoms with Gasteiger partial charge >= 0.3 is 41.8 Å². The molecule has 6 unspecified atom stereocenters. The van der Waals surface area contributed by atoms with Crippen LogP contribution in [-0.2, 0) is 85.7 Å². The maximum Gasteiger partial charge on any atom is 0.303 e. The Hall–Kier alpha value is -4.56. The summed E-state index contributed by atoms with van der Waals surface area (Å²) in [5.74, 6) is -6.01. The van der Waals surface area contributed by atoms with Crippen molar-refractivity contribution in [1.29, 1.82) is 0 Å². The highest BCUT2D eigenvalue weighted by Crippen LogP contribution is 2.35. The third kappa shape index (κ3) is 13.1. The van der Waals surface area contributed by atoms with Crippen LogP contribution in [0.3, 0.4) is 0 Å². The topological polar surface area (TPSA) is 270 Å². The van der Waals surface area contributed by atoms with Crippen LogP contribution in [0.4, 0.5) is 0 Å². The minimum absolute atomic E-state index is 0.180. The molecule has 2 fully saturated rings. The van der Waals surface area contributed by atoms with E-state index in [1.807, 2.05) is 0 Å². The molecule has 2 aliphatic rings. The van der Waals surface area contributed by atoms with Crippen LogP contribution in [-0.4, -0.2) is 130 Å². The number of carbonyl (C=O) groups excluding carboxylic acids is 7. The van der Waals surface area contributed by atoms with E-state index < -0.39 is 116 Å². The van der Waals surface area contributed by atoms with Crippen molar-refractivity contribution in [2.45, 2.75) is 110 Å². The van der Waals surface area contributed by atoms with Gasteiger partial charge in [0, 0.05) is 59.9 Å². The van der Waals surface area contributed by atoms with E-state index in [0.717, 1.165) is 48.5 Å². The van der Waals surface area contributed by atoms with Gasteiger partial charge in [0.15, 0.2) is 43.1 Å². The highest BCUT2D eigenvalue weighted by Gasteiger charge is 2.57. The molecule has 2 heterocycles. The predicted molar refractivity (Wildman–Crippen MR) is 153 cm³/mol. The zero-order valence-electron chi connectivity index (χ0n) is 27.8. The first-order chi connectivity index (χ1) is 23.0. The molecule has 0 spiro atoms. The summed E-state index contributed by atoms with van der Waals surface area (Å²) in [5, 5.41) is 3.35. The quantitative estimate of drug-likeness (QED) is 0.0538. The van der Waals surface area contributed by atoms with E-state index in [-0.39, 0.29) is 13.2 Å². The van der Waals surface area contributed by atoms with Gasteiger partial charge in [-0.3, -0.25) is 33.6 Å². The summed E-state index contributed by atoms with van der Waals surface area (Å²) < 4.78 is 61.2. The highest BCUT2D eigenvalue weighted by molar-refractivity contribution is 5.69. The van der Waals surface area contributed by atoms with E-state index in [0.29, 0.717) is 0 Å². The lowest BCUT2D eigenvalue weighted by Crippen LogP contribution is -2.67. The zero-order chi connectivity index (χ0) is 36.8. The smallest absolute Gasteiger partial charge is 0.303 e. The number of nitrogens with zero attached hydrogens (tertiary/aromatic N) is 3. The number of ether oxygens (including phenoxy) is 11. The molecular formula is C28H39N3O18. The van der Waals surface area contributed by atoms with Crippen LogP contribution >= 0.6 is 0 Å². The van der Waals surface area contributed by atoms with Crippen LogP contribution in [0.1, 0.15) is 48.5 Å². The van der Waals surface area contributed by atoms with Gasteiger partial charge in [-0.2, -0.15) is 0 Å². The zero-order valence-corrected chi connectivity index (χ0v) is 27.8. The maximum absolute atomic E-state index is 12.4. The van der Waals surface area contributed by atoms with E-state index in [1.54, 1.807) is 0 Å². The summed E-state index contributed by atoms with van der Waals surface area (Å²) in [5.41, 5.74) is 8.61. The summed E-state index contributed by atoms with van der Waals surface area (Å²) in [6.07, 6.45) is -15.8.